The van der Waals surface area contributed by atoms with Gasteiger partial charge in [0.1, 0.15) is 0 Å². The van der Waals surface area contributed by atoms with E-state index in [1.54, 1.807) is 0 Å². The Kier molecular flexibility index (Phi) is 3.31. The highest BCUT2D eigenvalue weighted by molar-refractivity contribution is 5.96. The normalized spacial score (nSPS) is 10.8. The summed E-state index contributed by atoms with van der Waals surface area (Å²) < 4.78 is 0. The van der Waals surface area contributed by atoms with Crippen molar-refractivity contribution in [3.63, 3.8) is 0 Å². The van der Waals surface area contributed by atoms with Crippen molar-refractivity contribution in [2.24, 2.45) is 0 Å². The van der Waals surface area contributed by atoms with Crippen LogP contribution < -0.4 is 0 Å². The van der Waals surface area contributed by atoms with E-state index >= 15 is 0 Å². The molecular formula is C20H15N3. The molecule has 4 aromatic rings. The second kappa shape index (κ2) is 5.61. The van der Waals surface area contributed by atoms with E-state index in [4.69, 9.17) is 0 Å². The third-order valence-corrected chi connectivity index (χ3v) is 3.88. The summed E-state index contributed by atoms with van der Waals surface area (Å²) in [5, 5.41) is 1.10. The minimum atomic E-state index is 0.934. The first-order chi connectivity index (χ1) is 11.3. The van der Waals surface area contributed by atoms with Gasteiger partial charge in [0.05, 0.1) is 16.9 Å². The van der Waals surface area contributed by atoms with Crippen LogP contribution in [-0.2, 0) is 0 Å². The summed E-state index contributed by atoms with van der Waals surface area (Å²) in [4.78, 5) is 13.7. The van der Waals surface area contributed by atoms with E-state index in [-0.39, 0.29) is 0 Å². The quantitative estimate of drug-likeness (QED) is 0.540. The molecule has 3 heteroatoms. The zero-order chi connectivity index (χ0) is 15.6. The first-order valence-electron chi connectivity index (χ1n) is 7.56. The van der Waals surface area contributed by atoms with Crippen LogP contribution in [0.1, 0.15) is 5.69 Å². The number of hydrogen-bond donors (Lipinski definition) is 0. The predicted molar refractivity (Wildman–Crippen MR) is 92.9 cm³/mol. The van der Waals surface area contributed by atoms with Crippen LogP contribution in [0.2, 0.25) is 0 Å². The van der Waals surface area contributed by atoms with Gasteiger partial charge in [-0.25, -0.2) is 0 Å². The lowest BCUT2D eigenvalue weighted by molar-refractivity contribution is 1.20. The molecule has 0 unspecified atom stereocenters. The number of benzene rings is 1. The van der Waals surface area contributed by atoms with Crippen LogP contribution in [0, 0.1) is 6.92 Å². The van der Waals surface area contributed by atoms with Crippen molar-refractivity contribution in [3.8, 4) is 22.5 Å². The molecule has 0 amide bonds. The van der Waals surface area contributed by atoms with Crippen LogP contribution in [-0.4, -0.2) is 15.0 Å². The van der Waals surface area contributed by atoms with Gasteiger partial charge in [0.25, 0.3) is 0 Å². The van der Waals surface area contributed by atoms with Crippen molar-refractivity contribution in [1.82, 2.24) is 15.0 Å². The zero-order valence-electron chi connectivity index (χ0n) is 12.8. The van der Waals surface area contributed by atoms with Gasteiger partial charge in [-0.05, 0) is 43.3 Å². The fraction of sp³-hybridized carbons (Fsp3) is 0.0500. The maximum absolute atomic E-state index is 4.65. The summed E-state index contributed by atoms with van der Waals surface area (Å²) in [5.41, 5.74) is 5.95. The highest BCUT2D eigenvalue weighted by Gasteiger charge is 2.12. The molecule has 23 heavy (non-hydrogen) atoms. The van der Waals surface area contributed by atoms with E-state index in [1.165, 1.54) is 0 Å². The van der Waals surface area contributed by atoms with Crippen LogP contribution in [0.3, 0.4) is 0 Å². The largest absolute Gasteiger partial charge is 0.256 e. The highest BCUT2D eigenvalue weighted by atomic mass is 14.7. The summed E-state index contributed by atoms with van der Waals surface area (Å²) in [6.45, 7) is 2.00. The predicted octanol–water partition coefficient (Wildman–Crippen LogP) is 4.67. The number of fused-ring (bicyclic) bond motifs is 1. The van der Waals surface area contributed by atoms with E-state index < -0.39 is 0 Å². The van der Waals surface area contributed by atoms with Gasteiger partial charge in [-0.3, -0.25) is 15.0 Å². The number of para-hydroxylation sites is 1. The van der Waals surface area contributed by atoms with E-state index in [0.717, 1.165) is 39.1 Å². The monoisotopic (exact) mass is 297 g/mol. The summed E-state index contributed by atoms with van der Waals surface area (Å²) in [6, 6.07) is 20.2. The second-order valence-electron chi connectivity index (χ2n) is 5.44. The minimum absolute atomic E-state index is 0.934. The lowest BCUT2D eigenvalue weighted by atomic mass is 10.00. The van der Waals surface area contributed by atoms with Crippen molar-refractivity contribution in [2.45, 2.75) is 6.92 Å². The molecular weight excluding hydrogens is 282 g/mol. The molecule has 0 saturated carbocycles. The summed E-state index contributed by atoms with van der Waals surface area (Å²) in [7, 11) is 0. The fourth-order valence-electron chi connectivity index (χ4n) is 2.82. The first kappa shape index (κ1) is 13.6. The SMILES string of the molecule is Cc1cccc(-c2cccnc2-c2ccnc3ccccc23)n1. The standard InChI is InChI=1S/C20H15N3/c1-14-6-4-10-19(23-14)17-8-5-12-22-20(17)16-11-13-21-18-9-3-2-7-15(16)18/h2-13H,1H3. The molecule has 0 saturated heterocycles. The van der Waals surface area contributed by atoms with Gasteiger partial charge in [-0.1, -0.05) is 24.3 Å². The Labute approximate surface area is 134 Å². The maximum Gasteiger partial charge on any atom is 0.0803 e. The Morgan fingerprint density at radius 1 is 0.696 bits per heavy atom. The molecule has 0 bridgehead atoms. The number of aromatic nitrogens is 3. The Balaban J connectivity index is 2.00. The fourth-order valence-corrected chi connectivity index (χ4v) is 2.82. The molecule has 3 heterocycles. The number of hydrogen-bond acceptors (Lipinski definition) is 3. The molecule has 0 radical (unpaired) electrons. The Bertz CT molecular complexity index is 987. The van der Waals surface area contributed by atoms with Gasteiger partial charge in [0.15, 0.2) is 0 Å². The molecule has 110 valence electrons. The summed E-state index contributed by atoms with van der Waals surface area (Å²) in [5.74, 6) is 0. The first-order valence-corrected chi connectivity index (χ1v) is 7.56. The molecule has 0 fully saturated rings. The Morgan fingerprint density at radius 3 is 2.52 bits per heavy atom. The van der Waals surface area contributed by atoms with E-state index in [9.17, 15) is 0 Å². The van der Waals surface area contributed by atoms with Crippen LogP contribution >= 0.6 is 0 Å². The Morgan fingerprint density at radius 2 is 1.61 bits per heavy atom. The molecule has 1 aromatic carbocycles. The average molecular weight is 297 g/mol. The summed E-state index contributed by atoms with van der Waals surface area (Å²) >= 11 is 0. The second-order valence-corrected chi connectivity index (χ2v) is 5.44. The van der Waals surface area contributed by atoms with Crippen LogP contribution in [0.4, 0.5) is 0 Å². The van der Waals surface area contributed by atoms with Gasteiger partial charge in [-0.15, -0.1) is 0 Å². The molecule has 4 rings (SSSR count). The smallest absolute Gasteiger partial charge is 0.0803 e. The minimum Gasteiger partial charge on any atom is -0.256 e. The van der Waals surface area contributed by atoms with Crippen molar-refractivity contribution in [1.29, 1.82) is 0 Å². The molecule has 0 aliphatic heterocycles. The van der Waals surface area contributed by atoms with Crippen molar-refractivity contribution in [3.05, 3.63) is 78.8 Å². The maximum atomic E-state index is 4.65. The van der Waals surface area contributed by atoms with Crippen LogP contribution in [0.5, 0.6) is 0 Å². The van der Waals surface area contributed by atoms with Crippen molar-refractivity contribution >= 4 is 10.9 Å². The average Bonchev–Trinajstić information content (AvgIpc) is 2.61. The van der Waals surface area contributed by atoms with Crippen molar-refractivity contribution < 1.29 is 0 Å². The van der Waals surface area contributed by atoms with Gasteiger partial charge < -0.3 is 0 Å². The lowest BCUT2D eigenvalue weighted by Gasteiger charge is -2.11. The zero-order valence-corrected chi connectivity index (χ0v) is 12.8. The molecule has 3 nitrogen and oxygen atoms in total. The van der Waals surface area contributed by atoms with Gasteiger partial charge in [0, 0.05) is 34.6 Å². The number of aryl methyl sites for hydroxylation is 1. The third-order valence-electron chi connectivity index (χ3n) is 3.88. The van der Waals surface area contributed by atoms with Crippen LogP contribution in [0.15, 0.2) is 73.1 Å². The molecule has 0 N–H and O–H groups in total. The highest BCUT2D eigenvalue weighted by Crippen LogP contribution is 2.33. The molecule has 0 aliphatic carbocycles. The van der Waals surface area contributed by atoms with Crippen molar-refractivity contribution in [2.75, 3.05) is 0 Å². The number of nitrogens with zero attached hydrogens (tertiary/aromatic N) is 3. The van der Waals surface area contributed by atoms with E-state index in [0.29, 0.717) is 0 Å². The lowest BCUT2D eigenvalue weighted by Crippen LogP contribution is -1.93. The third kappa shape index (κ3) is 2.46. The summed E-state index contributed by atoms with van der Waals surface area (Å²) in [6.07, 6.45) is 3.66. The van der Waals surface area contributed by atoms with E-state index in [1.807, 2.05) is 67.8 Å². The van der Waals surface area contributed by atoms with Gasteiger partial charge in [-0.2, -0.15) is 0 Å². The van der Waals surface area contributed by atoms with E-state index in [2.05, 4.69) is 27.1 Å². The van der Waals surface area contributed by atoms with Gasteiger partial charge >= 0.3 is 0 Å². The number of rotatable bonds is 2. The Hall–Kier alpha value is -3.07. The van der Waals surface area contributed by atoms with Gasteiger partial charge in [0.2, 0.25) is 0 Å². The van der Waals surface area contributed by atoms with Crippen LogP contribution in [0.25, 0.3) is 33.4 Å². The molecule has 0 atom stereocenters. The topological polar surface area (TPSA) is 38.7 Å². The molecule has 0 aliphatic rings. The molecule has 0 spiro atoms. The molecule has 3 aromatic heterocycles. The number of pyridine rings is 3.